The molecule has 6 rings (SSSR count). The Bertz CT molecular complexity index is 1160. The number of hydrogen-bond acceptors (Lipinski definition) is 5. The quantitative estimate of drug-likeness (QED) is 0.635. The number of imidazole rings is 1. The SMILES string of the molecule is CC(C)(C)OC(=O)N1CC(O)(c2c(C(=O)O)nc3n2C2CC(C2)c2cc(F)c(Br)cc2-3)C1. The molecule has 1 saturated carbocycles. The van der Waals surface area contributed by atoms with Gasteiger partial charge in [-0.2, -0.15) is 0 Å². The third-order valence-corrected chi connectivity index (χ3v) is 6.97. The lowest BCUT2D eigenvalue weighted by Gasteiger charge is -2.47. The summed E-state index contributed by atoms with van der Waals surface area (Å²) in [6.07, 6.45) is 0.841. The maximum absolute atomic E-state index is 14.3. The number of β-amino-alcohol motifs (C(OH)–C–C–N with tert-alkyl or cyclic N) is 1. The zero-order chi connectivity index (χ0) is 23.2. The minimum atomic E-state index is -1.57. The van der Waals surface area contributed by atoms with Crippen molar-refractivity contribution in [1.82, 2.24) is 14.5 Å². The van der Waals surface area contributed by atoms with E-state index in [2.05, 4.69) is 20.9 Å². The molecule has 1 amide bonds. The summed E-state index contributed by atoms with van der Waals surface area (Å²) in [7, 11) is 0. The highest BCUT2D eigenvalue weighted by molar-refractivity contribution is 9.10. The third kappa shape index (κ3) is 3.14. The molecular weight excluding hydrogens is 485 g/mol. The molecule has 8 nitrogen and oxygen atoms in total. The van der Waals surface area contributed by atoms with Crippen LogP contribution in [0.1, 0.15) is 67.3 Å². The van der Waals surface area contributed by atoms with Gasteiger partial charge < -0.3 is 24.4 Å². The highest BCUT2D eigenvalue weighted by atomic mass is 79.9. The number of amides is 1. The van der Waals surface area contributed by atoms with Crippen molar-refractivity contribution in [2.24, 2.45) is 0 Å². The lowest BCUT2D eigenvalue weighted by molar-refractivity contribution is -0.109. The summed E-state index contributed by atoms with van der Waals surface area (Å²) in [5.74, 6) is -1.09. The molecule has 1 aliphatic carbocycles. The average molecular weight is 508 g/mol. The molecule has 3 aliphatic heterocycles. The van der Waals surface area contributed by atoms with Gasteiger partial charge in [-0.05, 0) is 73.2 Å². The van der Waals surface area contributed by atoms with E-state index < -0.39 is 23.3 Å². The molecular formula is C22H23BrFN3O5. The van der Waals surface area contributed by atoms with Crippen molar-refractivity contribution in [2.45, 2.75) is 56.8 Å². The van der Waals surface area contributed by atoms with Crippen LogP contribution in [-0.4, -0.2) is 55.4 Å². The molecule has 0 spiro atoms. The van der Waals surface area contributed by atoms with Crippen LogP contribution in [0.3, 0.4) is 0 Å². The monoisotopic (exact) mass is 507 g/mol. The zero-order valence-corrected chi connectivity index (χ0v) is 19.4. The summed E-state index contributed by atoms with van der Waals surface area (Å²) in [5, 5.41) is 21.3. The maximum Gasteiger partial charge on any atom is 0.410 e. The summed E-state index contributed by atoms with van der Waals surface area (Å²) < 4.78 is 21.7. The van der Waals surface area contributed by atoms with Crippen molar-refractivity contribution in [3.8, 4) is 11.4 Å². The summed E-state index contributed by atoms with van der Waals surface area (Å²) in [4.78, 5) is 30.2. The van der Waals surface area contributed by atoms with Crippen molar-refractivity contribution in [2.75, 3.05) is 13.1 Å². The minimum Gasteiger partial charge on any atom is -0.476 e. The normalized spacial score (nSPS) is 22.8. The Labute approximate surface area is 192 Å². The number of hydrogen-bond donors (Lipinski definition) is 2. The molecule has 1 saturated heterocycles. The van der Waals surface area contributed by atoms with Gasteiger partial charge in [0.05, 0.1) is 23.3 Å². The Hall–Kier alpha value is -2.46. The van der Waals surface area contributed by atoms with Gasteiger partial charge >= 0.3 is 12.1 Å². The lowest BCUT2D eigenvalue weighted by atomic mass is 9.75. The maximum atomic E-state index is 14.3. The number of carboxylic acid groups (broad SMARTS) is 1. The van der Waals surface area contributed by atoms with Crippen molar-refractivity contribution in [3.05, 3.63) is 39.4 Å². The Morgan fingerprint density at radius 1 is 1.28 bits per heavy atom. The van der Waals surface area contributed by atoms with E-state index in [1.54, 1.807) is 31.4 Å². The Kier molecular flexibility index (Phi) is 4.53. The van der Waals surface area contributed by atoms with Crippen LogP contribution in [-0.2, 0) is 10.3 Å². The lowest BCUT2D eigenvalue weighted by Crippen LogP contribution is -2.63. The summed E-state index contributed by atoms with van der Waals surface area (Å²) in [6, 6.07) is 3.05. The Morgan fingerprint density at radius 2 is 1.94 bits per heavy atom. The molecule has 1 aromatic heterocycles. The number of carboxylic acids is 1. The van der Waals surface area contributed by atoms with Crippen LogP contribution in [0.2, 0.25) is 0 Å². The number of ether oxygens (including phenoxy) is 1. The van der Waals surface area contributed by atoms with E-state index >= 15 is 0 Å². The molecule has 2 aromatic rings. The summed E-state index contributed by atoms with van der Waals surface area (Å²) >= 11 is 3.22. The van der Waals surface area contributed by atoms with E-state index in [9.17, 15) is 24.2 Å². The molecule has 4 heterocycles. The van der Waals surface area contributed by atoms with Gasteiger partial charge in [-0.25, -0.2) is 19.0 Å². The molecule has 32 heavy (non-hydrogen) atoms. The van der Waals surface area contributed by atoms with Crippen LogP contribution < -0.4 is 0 Å². The van der Waals surface area contributed by atoms with Gasteiger partial charge in [0.1, 0.15) is 22.8 Å². The van der Waals surface area contributed by atoms with E-state index in [-0.39, 0.29) is 46.7 Å². The van der Waals surface area contributed by atoms with E-state index in [1.165, 1.54) is 11.0 Å². The Morgan fingerprint density at radius 3 is 2.53 bits per heavy atom. The van der Waals surface area contributed by atoms with Crippen molar-refractivity contribution in [1.29, 1.82) is 0 Å². The fourth-order valence-electron chi connectivity index (χ4n) is 4.91. The molecule has 2 fully saturated rings. The van der Waals surface area contributed by atoms with Gasteiger partial charge in [0.15, 0.2) is 5.69 Å². The van der Waals surface area contributed by atoms with E-state index in [0.717, 1.165) is 5.56 Å². The van der Waals surface area contributed by atoms with E-state index in [0.29, 0.717) is 24.2 Å². The van der Waals surface area contributed by atoms with Crippen LogP contribution in [0.25, 0.3) is 11.4 Å². The molecule has 2 bridgehead atoms. The predicted octanol–water partition coefficient (Wildman–Crippen LogP) is 4.02. The van der Waals surface area contributed by atoms with Crippen LogP contribution in [0.15, 0.2) is 16.6 Å². The van der Waals surface area contributed by atoms with Crippen LogP contribution in [0, 0.1) is 5.82 Å². The summed E-state index contributed by atoms with van der Waals surface area (Å²) in [6.45, 7) is 5.07. The number of aromatic carboxylic acids is 1. The Balaban J connectivity index is 1.59. The highest BCUT2D eigenvalue weighted by Crippen LogP contribution is 2.55. The first-order valence-electron chi connectivity index (χ1n) is 10.4. The van der Waals surface area contributed by atoms with E-state index in [4.69, 9.17) is 4.74 Å². The minimum absolute atomic E-state index is 0.0561. The van der Waals surface area contributed by atoms with Crippen molar-refractivity contribution >= 4 is 28.0 Å². The predicted molar refractivity (Wildman–Crippen MR) is 115 cm³/mol. The number of nitrogens with zero attached hydrogens (tertiary/aromatic N) is 3. The number of benzene rings is 1. The average Bonchev–Trinajstić information content (AvgIpc) is 2.89. The molecule has 0 radical (unpaired) electrons. The number of aromatic nitrogens is 2. The standard InChI is InChI=1S/C22H23BrFN3O5/c1-21(2,3)32-20(30)26-8-22(31,9-26)17-16(19(28)29)25-18-13-6-14(23)15(24)7-12(13)10-4-11(5-10)27(17)18/h6-7,10-11,31H,4-5,8-9H2,1-3H3,(H,28,29). The second kappa shape index (κ2) is 6.77. The van der Waals surface area contributed by atoms with Crippen molar-refractivity contribution in [3.63, 3.8) is 0 Å². The second-order valence-electron chi connectivity index (χ2n) is 9.85. The number of halogens is 2. The summed E-state index contributed by atoms with van der Waals surface area (Å²) in [5.41, 5.74) is -0.852. The van der Waals surface area contributed by atoms with Gasteiger partial charge in [-0.15, -0.1) is 0 Å². The third-order valence-electron chi connectivity index (χ3n) is 6.36. The van der Waals surface area contributed by atoms with Crippen LogP contribution in [0.4, 0.5) is 9.18 Å². The number of likely N-dealkylation sites (tertiary alicyclic amines) is 1. The van der Waals surface area contributed by atoms with Crippen LogP contribution >= 0.6 is 15.9 Å². The van der Waals surface area contributed by atoms with Gasteiger partial charge in [-0.1, -0.05) is 0 Å². The fraction of sp³-hybridized carbons (Fsp3) is 0.500. The smallest absolute Gasteiger partial charge is 0.410 e. The molecule has 1 aromatic carbocycles. The zero-order valence-electron chi connectivity index (χ0n) is 17.9. The number of aliphatic hydroxyl groups is 1. The van der Waals surface area contributed by atoms with E-state index in [1.807, 2.05) is 0 Å². The van der Waals surface area contributed by atoms with Gasteiger partial charge in [0.2, 0.25) is 0 Å². The molecule has 0 unspecified atom stereocenters. The first-order chi connectivity index (χ1) is 14.9. The first-order valence-corrected chi connectivity index (χ1v) is 11.2. The molecule has 4 aliphatic rings. The van der Waals surface area contributed by atoms with Crippen LogP contribution in [0.5, 0.6) is 0 Å². The highest BCUT2D eigenvalue weighted by Gasteiger charge is 2.53. The number of rotatable bonds is 2. The first kappa shape index (κ1) is 21.4. The molecule has 0 atom stereocenters. The number of carbonyl (C=O) groups excluding carboxylic acids is 1. The molecule has 2 N–H and O–H groups in total. The van der Waals surface area contributed by atoms with Gasteiger partial charge in [-0.3, -0.25) is 0 Å². The topological polar surface area (TPSA) is 105 Å². The second-order valence-corrected chi connectivity index (χ2v) is 10.7. The van der Waals surface area contributed by atoms with Gasteiger partial charge in [0.25, 0.3) is 0 Å². The van der Waals surface area contributed by atoms with Crippen molar-refractivity contribution < 1.29 is 28.9 Å². The fourth-order valence-corrected chi connectivity index (χ4v) is 5.25. The molecule has 10 heteroatoms. The molecule has 170 valence electrons. The largest absolute Gasteiger partial charge is 0.476 e. The van der Waals surface area contributed by atoms with Gasteiger partial charge in [0, 0.05) is 11.6 Å². The number of carbonyl (C=O) groups is 2.